The zero-order valence-electron chi connectivity index (χ0n) is 17.3. The van der Waals surface area contributed by atoms with Crippen molar-refractivity contribution in [1.29, 1.82) is 0 Å². The fourth-order valence-electron chi connectivity index (χ4n) is 3.07. The minimum atomic E-state index is -4.11. The van der Waals surface area contributed by atoms with Gasteiger partial charge in [0.1, 0.15) is 5.75 Å². The molecule has 1 aliphatic rings. The van der Waals surface area contributed by atoms with E-state index >= 15 is 0 Å². The molecule has 2 rings (SSSR count). The van der Waals surface area contributed by atoms with Gasteiger partial charge in [-0.1, -0.05) is 62.1 Å². The van der Waals surface area contributed by atoms with Crippen LogP contribution < -0.4 is 4.74 Å². The van der Waals surface area contributed by atoms with Crippen molar-refractivity contribution in [3.8, 4) is 5.75 Å². The molecule has 1 saturated heterocycles. The van der Waals surface area contributed by atoms with E-state index in [1.54, 1.807) is 12.1 Å². The van der Waals surface area contributed by atoms with Crippen LogP contribution >= 0.6 is 39.9 Å². The molecule has 1 unspecified atom stereocenters. The van der Waals surface area contributed by atoms with Gasteiger partial charge < -0.3 is 4.74 Å². The summed E-state index contributed by atoms with van der Waals surface area (Å²) in [6, 6.07) is 3.43. The molecule has 0 radical (unpaired) electrons. The van der Waals surface area contributed by atoms with Crippen LogP contribution in [0.25, 0.3) is 0 Å². The van der Waals surface area contributed by atoms with Gasteiger partial charge in [0.25, 0.3) is 0 Å². The van der Waals surface area contributed by atoms with Crippen LogP contribution in [-0.2, 0) is 25.9 Å². The highest BCUT2D eigenvalue weighted by atomic mass is 35.5. The van der Waals surface area contributed by atoms with Gasteiger partial charge >= 0.3 is 0 Å². The molecule has 0 spiro atoms. The largest absolute Gasteiger partial charge is 0.496 e. The first kappa shape index (κ1) is 24.9. The van der Waals surface area contributed by atoms with Gasteiger partial charge in [0, 0.05) is 21.1 Å². The van der Waals surface area contributed by atoms with Gasteiger partial charge in [0.05, 0.1) is 20.1 Å². The Hall–Kier alpha value is -0.340. The number of amides is 1. The highest BCUT2D eigenvalue weighted by Crippen LogP contribution is 2.77. The number of methoxy groups -OCH3 is 1. The maximum Gasteiger partial charge on any atom is 0.249 e. The Morgan fingerprint density at radius 3 is 2.28 bits per heavy atom. The first-order valence-electron chi connectivity index (χ1n) is 9.15. The lowest BCUT2D eigenvalue weighted by atomic mass is 10.1. The number of benzene rings is 1. The average Bonchev–Trinajstić information content (AvgIpc) is 2.78. The molecule has 1 atom stereocenters. The van der Waals surface area contributed by atoms with E-state index in [1.807, 2.05) is 34.6 Å². The third-order valence-corrected chi connectivity index (χ3v) is 18.5. The first-order chi connectivity index (χ1) is 13.3. The Labute approximate surface area is 186 Å². The van der Waals surface area contributed by atoms with Gasteiger partial charge in [0.15, 0.2) is 4.99 Å². The maximum atomic E-state index is 13.7. The lowest BCUT2D eigenvalue weighted by Gasteiger charge is -2.26. The van der Waals surface area contributed by atoms with Crippen LogP contribution in [0.15, 0.2) is 12.1 Å². The number of nitrogens with zero attached hydrogens (tertiary/aromatic N) is 1. The highest BCUT2D eigenvalue weighted by molar-refractivity contribution is 8.91. The van der Waals surface area contributed by atoms with Gasteiger partial charge in [-0.25, -0.2) is 12.7 Å². The van der Waals surface area contributed by atoms with E-state index < -0.39 is 26.5 Å². The molecular weight excluding hydrogens is 473 g/mol. The van der Waals surface area contributed by atoms with Crippen LogP contribution in [0.3, 0.4) is 0 Å². The Kier molecular flexibility index (Phi) is 8.10. The molecule has 11 heteroatoms. The minimum absolute atomic E-state index is 0.0296. The van der Waals surface area contributed by atoms with Crippen LogP contribution in [0.2, 0.25) is 5.02 Å². The number of carbonyl (C=O) groups is 1. The summed E-state index contributed by atoms with van der Waals surface area (Å²) in [6.45, 7) is 9.09. The second kappa shape index (κ2) is 9.43. The molecule has 0 aromatic heterocycles. The Balaban J connectivity index is 2.46. The van der Waals surface area contributed by atoms with Crippen molar-refractivity contribution in [2.45, 2.75) is 63.1 Å². The zero-order chi connectivity index (χ0) is 22.1. The third-order valence-electron chi connectivity index (χ3n) is 4.17. The van der Waals surface area contributed by atoms with Crippen LogP contribution in [0.1, 0.15) is 45.2 Å². The molecule has 1 heterocycles. The summed E-state index contributed by atoms with van der Waals surface area (Å²) in [5.41, 5.74) is -2.03. The van der Waals surface area contributed by atoms with E-state index in [1.165, 1.54) is 7.11 Å². The fraction of sp³-hybridized carbons (Fsp3) is 0.611. The van der Waals surface area contributed by atoms with Gasteiger partial charge in [-0.2, -0.15) is 0 Å². The normalized spacial score (nSPS) is 19.4. The molecule has 1 aliphatic heterocycles. The number of hydrogen-bond acceptors (Lipinski definition) is 7. The lowest BCUT2D eigenvalue weighted by Crippen LogP contribution is -2.31. The zero-order valence-corrected chi connectivity index (χ0v) is 21.4. The summed E-state index contributed by atoms with van der Waals surface area (Å²) < 4.78 is 46.5. The second-order valence-corrected chi connectivity index (χ2v) is 19.4. The predicted molar refractivity (Wildman–Crippen MR) is 124 cm³/mol. The SMILES string of the molecule is COc1cc(C)cc(Cl)c1CN1C(=O)CC(P(=O)(SC(C)C)SC(C)C)S1(=O)=O. The molecule has 6 nitrogen and oxygen atoms in total. The number of carbonyl (C=O) groups excluding carboxylic acids is 1. The van der Waals surface area contributed by atoms with E-state index in [0.29, 0.717) is 16.3 Å². The van der Waals surface area contributed by atoms with Crippen molar-refractivity contribution < 1.29 is 22.5 Å². The topological polar surface area (TPSA) is 80.8 Å². The van der Waals surface area contributed by atoms with Crippen LogP contribution in [0, 0.1) is 6.92 Å². The van der Waals surface area contributed by atoms with Crippen molar-refractivity contribution in [3.63, 3.8) is 0 Å². The summed E-state index contributed by atoms with van der Waals surface area (Å²) >= 11 is 8.65. The summed E-state index contributed by atoms with van der Waals surface area (Å²) in [6.07, 6.45) is -0.287. The van der Waals surface area contributed by atoms with Crippen molar-refractivity contribution >= 4 is 55.8 Å². The number of halogens is 1. The smallest absolute Gasteiger partial charge is 0.249 e. The molecule has 0 N–H and O–H groups in total. The van der Waals surface area contributed by atoms with Crippen LogP contribution in [-0.4, -0.2) is 41.2 Å². The van der Waals surface area contributed by atoms with Gasteiger partial charge in [-0.3, -0.25) is 9.36 Å². The quantitative estimate of drug-likeness (QED) is 0.435. The molecule has 1 amide bonds. The molecule has 1 aromatic carbocycles. The summed E-state index contributed by atoms with van der Waals surface area (Å²) in [7, 11) is -2.65. The molecule has 1 fully saturated rings. The molecule has 0 aliphatic carbocycles. The van der Waals surface area contributed by atoms with E-state index in [0.717, 1.165) is 32.6 Å². The number of sulfonamides is 1. The van der Waals surface area contributed by atoms with E-state index in [2.05, 4.69) is 0 Å². The van der Waals surface area contributed by atoms with Gasteiger partial charge in [-0.05, 0) is 24.6 Å². The Morgan fingerprint density at radius 1 is 1.24 bits per heavy atom. The van der Waals surface area contributed by atoms with Gasteiger partial charge in [0.2, 0.25) is 21.5 Å². The second-order valence-electron chi connectivity index (χ2n) is 7.38. The average molecular weight is 500 g/mol. The third kappa shape index (κ3) is 5.48. The monoisotopic (exact) mass is 499 g/mol. The number of hydrogen-bond donors (Lipinski definition) is 0. The predicted octanol–water partition coefficient (Wildman–Crippen LogP) is 5.52. The highest BCUT2D eigenvalue weighted by Gasteiger charge is 2.55. The molecule has 0 saturated carbocycles. The van der Waals surface area contributed by atoms with Crippen LogP contribution in [0.5, 0.6) is 5.75 Å². The number of ether oxygens (including phenoxy) is 1. The molecular formula is C18H27ClNO5PS3. The Morgan fingerprint density at radius 2 is 1.79 bits per heavy atom. The summed E-state index contributed by atoms with van der Waals surface area (Å²) in [5, 5.41) is 0.265. The maximum absolute atomic E-state index is 13.7. The molecule has 164 valence electrons. The number of aryl methyl sites for hydroxylation is 1. The molecule has 0 bridgehead atoms. The van der Waals surface area contributed by atoms with Crippen LogP contribution in [0.4, 0.5) is 0 Å². The van der Waals surface area contributed by atoms with Gasteiger partial charge in [-0.15, -0.1) is 0 Å². The van der Waals surface area contributed by atoms with Crippen molar-refractivity contribution in [1.82, 2.24) is 4.31 Å². The van der Waals surface area contributed by atoms with E-state index in [9.17, 15) is 17.8 Å². The van der Waals surface area contributed by atoms with Crippen molar-refractivity contribution in [2.75, 3.05) is 7.11 Å². The first-order valence-corrected chi connectivity index (χ1v) is 15.8. The molecule has 29 heavy (non-hydrogen) atoms. The van der Waals surface area contributed by atoms with Crippen molar-refractivity contribution in [2.24, 2.45) is 0 Å². The standard InChI is InChI=1S/C18H27ClNO5PS3/c1-11(2)27-26(22,28-12(3)4)18-9-17(21)20(29(18,23)24)10-14-15(19)7-13(5)8-16(14)25-6/h7-8,11-12,18H,9-10H2,1-6H3. The molecule has 1 aromatic rings. The fourth-order valence-corrected chi connectivity index (χ4v) is 19.6. The summed E-state index contributed by atoms with van der Waals surface area (Å²) in [5.74, 6) is -0.152. The minimum Gasteiger partial charge on any atom is -0.496 e. The lowest BCUT2D eigenvalue weighted by molar-refractivity contribution is -0.125. The number of rotatable bonds is 8. The summed E-state index contributed by atoms with van der Waals surface area (Å²) in [4.78, 5) is 11.5. The Bertz CT molecular complexity index is 922. The van der Waals surface area contributed by atoms with E-state index in [4.69, 9.17) is 16.3 Å². The van der Waals surface area contributed by atoms with Crippen molar-refractivity contribution in [3.05, 3.63) is 28.3 Å². The van der Waals surface area contributed by atoms with E-state index in [-0.39, 0.29) is 23.5 Å².